The third kappa shape index (κ3) is 3.90. The molecule has 0 radical (unpaired) electrons. The Morgan fingerprint density at radius 2 is 1.83 bits per heavy atom. The summed E-state index contributed by atoms with van der Waals surface area (Å²) < 4.78 is 0. The number of nitrogens with zero attached hydrogens (tertiary/aromatic N) is 1. The van der Waals surface area contributed by atoms with E-state index in [4.69, 9.17) is 0 Å². The smallest absolute Gasteiger partial charge is 0.0702 e. The Hall–Kier alpha value is -3.45. The highest BCUT2D eigenvalue weighted by molar-refractivity contribution is 5.89. The summed E-state index contributed by atoms with van der Waals surface area (Å²) in [6.07, 6.45) is 12.3. The summed E-state index contributed by atoms with van der Waals surface area (Å²) in [5.74, 6) is 0.402. The number of aromatic nitrogens is 1. The molecule has 0 spiro atoms. The van der Waals surface area contributed by atoms with E-state index in [1.165, 1.54) is 22.3 Å². The van der Waals surface area contributed by atoms with Gasteiger partial charge >= 0.3 is 0 Å². The lowest BCUT2D eigenvalue weighted by molar-refractivity contribution is 0.989. The lowest BCUT2D eigenvalue weighted by Crippen LogP contribution is -1.92. The van der Waals surface area contributed by atoms with Gasteiger partial charge in [-0.2, -0.15) is 0 Å². The highest BCUT2D eigenvalue weighted by Gasteiger charge is 2.22. The monoisotopic (exact) mass is 375 g/mol. The van der Waals surface area contributed by atoms with E-state index in [1.807, 2.05) is 43.5 Å². The molecule has 0 fully saturated rings. The molecule has 0 amide bonds. The quantitative estimate of drug-likeness (QED) is 0.422. The van der Waals surface area contributed by atoms with Gasteiger partial charge < -0.3 is 0 Å². The second-order valence-electron chi connectivity index (χ2n) is 7.38. The van der Waals surface area contributed by atoms with Gasteiger partial charge in [0.15, 0.2) is 0 Å². The third-order valence-electron chi connectivity index (χ3n) is 5.36. The molecule has 1 nitrogen and oxygen atoms in total. The first-order valence-corrected chi connectivity index (χ1v) is 10.0. The molecular weight excluding hydrogens is 350 g/mol. The molecule has 0 bridgehead atoms. The molecule has 1 atom stereocenters. The van der Waals surface area contributed by atoms with Gasteiger partial charge in [0.25, 0.3) is 0 Å². The van der Waals surface area contributed by atoms with Crippen molar-refractivity contribution < 1.29 is 0 Å². The first kappa shape index (κ1) is 18.9. The molecular formula is C28H25N. The number of fused-ring (bicyclic) bond motifs is 1. The van der Waals surface area contributed by atoms with E-state index in [0.717, 1.165) is 22.4 Å². The molecule has 0 saturated carbocycles. The Kier molecular flexibility index (Phi) is 5.39. The summed E-state index contributed by atoms with van der Waals surface area (Å²) in [4.78, 5) is 4.50. The van der Waals surface area contributed by atoms with Crippen LogP contribution >= 0.6 is 0 Å². The maximum atomic E-state index is 4.50. The van der Waals surface area contributed by atoms with E-state index in [9.17, 15) is 0 Å². The number of hydrogen-bond donors (Lipinski definition) is 0. The maximum absolute atomic E-state index is 4.50. The van der Waals surface area contributed by atoms with Crippen molar-refractivity contribution in [3.05, 3.63) is 126 Å². The fraction of sp³-hybridized carbons (Fsp3) is 0.107. The molecule has 1 aliphatic carbocycles. The lowest BCUT2D eigenvalue weighted by Gasteiger charge is -2.11. The van der Waals surface area contributed by atoms with Gasteiger partial charge in [0, 0.05) is 17.7 Å². The predicted molar refractivity (Wildman–Crippen MR) is 125 cm³/mol. The minimum atomic E-state index is 0.402. The predicted octanol–water partition coefficient (Wildman–Crippen LogP) is 7.44. The van der Waals surface area contributed by atoms with Crippen molar-refractivity contribution in [2.75, 3.05) is 0 Å². The van der Waals surface area contributed by atoms with Gasteiger partial charge in [0.1, 0.15) is 0 Å². The van der Waals surface area contributed by atoms with Gasteiger partial charge in [-0.3, -0.25) is 4.98 Å². The normalized spacial score (nSPS) is 15.7. The molecule has 2 aromatic carbocycles. The number of benzene rings is 2. The number of hydrogen-bond acceptors (Lipinski definition) is 1. The third-order valence-corrected chi connectivity index (χ3v) is 5.36. The average Bonchev–Trinajstić information content (AvgIpc) is 3.10. The van der Waals surface area contributed by atoms with E-state index in [2.05, 4.69) is 79.2 Å². The summed E-state index contributed by atoms with van der Waals surface area (Å²) in [7, 11) is 0. The first-order valence-electron chi connectivity index (χ1n) is 10.0. The Morgan fingerprint density at radius 3 is 2.62 bits per heavy atom. The van der Waals surface area contributed by atoms with Crippen LogP contribution in [-0.4, -0.2) is 4.98 Å². The fourth-order valence-corrected chi connectivity index (χ4v) is 3.83. The molecule has 0 aliphatic heterocycles. The largest absolute Gasteiger partial charge is 0.256 e. The summed E-state index contributed by atoms with van der Waals surface area (Å²) >= 11 is 0. The standard InChI is InChI=1S/C28H25N/c1-4-5-6-10-20(2)22-14-15-25-21(3)17-26(27(25)19-22)23-11-9-12-24(18-23)28-13-7-8-16-29-28/h4-19,21H,2H2,1,3H3/b5-4-,10-6-. The van der Waals surface area contributed by atoms with E-state index < -0.39 is 0 Å². The molecule has 3 aromatic rings. The van der Waals surface area contributed by atoms with Crippen LogP contribution in [-0.2, 0) is 0 Å². The number of rotatable bonds is 5. The Morgan fingerprint density at radius 1 is 0.966 bits per heavy atom. The van der Waals surface area contributed by atoms with Crippen LogP contribution in [0.5, 0.6) is 0 Å². The van der Waals surface area contributed by atoms with Crippen LogP contribution in [0.1, 0.15) is 42.0 Å². The maximum Gasteiger partial charge on any atom is 0.0702 e. The average molecular weight is 376 g/mol. The van der Waals surface area contributed by atoms with Gasteiger partial charge in [-0.15, -0.1) is 0 Å². The molecule has 0 saturated heterocycles. The molecule has 1 heteroatoms. The molecule has 1 unspecified atom stereocenters. The van der Waals surface area contributed by atoms with Crippen LogP contribution in [0.2, 0.25) is 0 Å². The van der Waals surface area contributed by atoms with Crippen molar-refractivity contribution in [1.82, 2.24) is 4.98 Å². The van der Waals surface area contributed by atoms with Gasteiger partial charge in [-0.25, -0.2) is 0 Å². The minimum Gasteiger partial charge on any atom is -0.256 e. The minimum absolute atomic E-state index is 0.402. The van der Waals surface area contributed by atoms with Crippen molar-refractivity contribution in [2.45, 2.75) is 19.8 Å². The molecule has 0 N–H and O–H groups in total. The summed E-state index contributed by atoms with van der Waals surface area (Å²) in [6.45, 7) is 8.52. The molecule has 29 heavy (non-hydrogen) atoms. The van der Waals surface area contributed by atoms with Crippen molar-refractivity contribution in [2.24, 2.45) is 0 Å². The Labute approximate surface area is 173 Å². The topological polar surface area (TPSA) is 12.9 Å². The molecule has 4 rings (SSSR count). The molecule has 1 aliphatic rings. The van der Waals surface area contributed by atoms with Crippen molar-refractivity contribution in [3.63, 3.8) is 0 Å². The highest BCUT2D eigenvalue weighted by atomic mass is 14.7. The van der Waals surface area contributed by atoms with Crippen molar-refractivity contribution in [1.29, 1.82) is 0 Å². The summed E-state index contributed by atoms with van der Waals surface area (Å²) in [5.41, 5.74) is 9.50. The number of pyridine rings is 1. The van der Waals surface area contributed by atoms with Crippen molar-refractivity contribution in [3.8, 4) is 11.3 Å². The van der Waals surface area contributed by atoms with E-state index in [1.54, 1.807) is 0 Å². The zero-order chi connectivity index (χ0) is 20.2. The van der Waals surface area contributed by atoms with Gasteiger partial charge in [-0.05, 0) is 64.6 Å². The van der Waals surface area contributed by atoms with E-state index >= 15 is 0 Å². The summed E-state index contributed by atoms with van der Waals surface area (Å²) in [5, 5.41) is 0. The van der Waals surface area contributed by atoms with Crippen molar-refractivity contribution >= 4 is 11.1 Å². The van der Waals surface area contributed by atoms with E-state index in [0.29, 0.717) is 5.92 Å². The van der Waals surface area contributed by atoms with E-state index in [-0.39, 0.29) is 0 Å². The Bertz CT molecular complexity index is 1130. The summed E-state index contributed by atoms with van der Waals surface area (Å²) in [6, 6.07) is 21.4. The van der Waals surface area contributed by atoms with Crippen LogP contribution in [0.25, 0.3) is 22.4 Å². The van der Waals surface area contributed by atoms with Crippen LogP contribution < -0.4 is 0 Å². The van der Waals surface area contributed by atoms with Gasteiger partial charge in [0.2, 0.25) is 0 Å². The molecule has 1 heterocycles. The fourth-order valence-electron chi connectivity index (χ4n) is 3.83. The van der Waals surface area contributed by atoms with Crippen LogP contribution in [0, 0.1) is 0 Å². The zero-order valence-electron chi connectivity index (χ0n) is 17.0. The first-order chi connectivity index (χ1) is 14.2. The molecule has 142 valence electrons. The zero-order valence-corrected chi connectivity index (χ0v) is 17.0. The second-order valence-corrected chi connectivity index (χ2v) is 7.38. The highest BCUT2D eigenvalue weighted by Crippen LogP contribution is 2.41. The van der Waals surface area contributed by atoms with Crippen LogP contribution in [0.3, 0.4) is 0 Å². The second kappa shape index (κ2) is 8.28. The molecule has 1 aromatic heterocycles. The Balaban J connectivity index is 1.72. The SMILES string of the molecule is C=C(/C=C\C=C/C)c1ccc2c(c1)C(c1cccc(-c3ccccn3)c1)=CC2C. The number of allylic oxidation sites excluding steroid dienone is 6. The van der Waals surface area contributed by atoms with Crippen LogP contribution in [0.15, 0.2) is 104 Å². The lowest BCUT2D eigenvalue weighted by atomic mass is 9.93. The van der Waals surface area contributed by atoms with Gasteiger partial charge in [-0.1, -0.05) is 80.3 Å². The van der Waals surface area contributed by atoms with Crippen LogP contribution in [0.4, 0.5) is 0 Å². The van der Waals surface area contributed by atoms with Gasteiger partial charge in [0.05, 0.1) is 5.69 Å².